The van der Waals surface area contributed by atoms with Crippen molar-refractivity contribution in [1.29, 1.82) is 0 Å². The van der Waals surface area contributed by atoms with Crippen molar-refractivity contribution in [1.82, 2.24) is 20.7 Å². The number of likely N-dealkylation sites (N-methyl/N-ethyl adjacent to an activating group) is 2. The third kappa shape index (κ3) is 7.36. The van der Waals surface area contributed by atoms with Crippen LogP contribution in [0.4, 0.5) is 24.5 Å². The number of hydrazine groups is 1. The number of nitrogens with one attached hydrogen (secondary N) is 2. The zero-order valence-corrected chi connectivity index (χ0v) is 23.7. The summed E-state index contributed by atoms with van der Waals surface area (Å²) < 4.78 is 40.2. The molecule has 2 aromatic rings. The molecule has 12 heteroatoms. The predicted octanol–water partition coefficient (Wildman–Crippen LogP) is 2.60. The second-order valence-electron chi connectivity index (χ2n) is 10.4. The van der Waals surface area contributed by atoms with E-state index in [1.54, 1.807) is 37.1 Å². The van der Waals surface area contributed by atoms with E-state index in [0.717, 1.165) is 22.6 Å². The number of nitrogens with zero attached hydrogens (tertiary/aromatic N) is 4. The van der Waals surface area contributed by atoms with E-state index >= 15 is 0 Å². The molecule has 2 heterocycles. The van der Waals surface area contributed by atoms with Crippen LogP contribution in [0.2, 0.25) is 0 Å². The summed E-state index contributed by atoms with van der Waals surface area (Å²) in [6.45, 7) is 5.45. The van der Waals surface area contributed by atoms with Gasteiger partial charge in [-0.05, 0) is 66.4 Å². The molecule has 2 N–H and O–H groups in total. The Morgan fingerprint density at radius 3 is 2.51 bits per heavy atom. The van der Waals surface area contributed by atoms with Crippen LogP contribution in [0.5, 0.6) is 0 Å². The fourth-order valence-corrected chi connectivity index (χ4v) is 5.27. The fraction of sp³-hybridized carbons (Fsp3) is 0.483. The van der Waals surface area contributed by atoms with E-state index in [1.807, 2.05) is 11.9 Å². The van der Waals surface area contributed by atoms with Crippen LogP contribution in [0.25, 0.3) is 0 Å². The second-order valence-corrected chi connectivity index (χ2v) is 10.4. The summed E-state index contributed by atoms with van der Waals surface area (Å²) in [6, 6.07) is 8.06. The summed E-state index contributed by atoms with van der Waals surface area (Å²) in [4.78, 5) is 41.6. The normalized spacial score (nSPS) is 14.7. The van der Waals surface area contributed by atoms with Gasteiger partial charge in [0.05, 0.1) is 19.6 Å². The van der Waals surface area contributed by atoms with Crippen LogP contribution in [0.1, 0.15) is 35.6 Å². The van der Waals surface area contributed by atoms with Gasteiger partial charge in [-0.1, -0.05) is 13.0 Å². The van der Waals surface area contributed by atoms with Crippen molar-refractivity contribution >= 4 is 29.1 Å². The number of aryl methyl sites for hydroxylation is 2. The van der Waals surface area contributed by atoms with Crippen LogP contribution in [0.3, 0.4) is 0 Å². The Kier molecular flexibility index (Phi) is 9.87. The molecule has 0 atom stereocenters. The molecule has 2 aliphatic rings. The summed E-state index contributed by atoms with van der Waals surface area (Å²) in [5.74, 6) is -1.23. The SMILES string of the molecule is CCNCCNC(=O)CN(CC(=O)N(C)N1Cc2ccc(F)cc2C1)c1cc2c(cc1C)N(CC(F)F)C(=O)CC2. The highest BCUT2D eigenvalue weighted by atomic mass is 19.3. The minimum absolute atomic E-state index is 0.101. The van der Waals surface area contributed by atoms with Crippen molar-refractivity contribution in [2.45, 2.75) is 46.2 Å². The van der Waals surface area contributed by atoms with Crippen molar-refractivity contribution in [3.05, 3.63) is 58.4 Å². The molecule has 2 aromatic carbocycles. The maximum absolute atomic E-state index is 13.7. The molecule has 0 unspecified atom stereocenters. The number of hydrogen-bond donors (Lipinski definition) is 2. The number of rotatable bonds is 12. The first kappa shape index (κ1) is 30.3. The highest BCUT2D eigenvalue weighted by Gasteiger charge is 2.30. The van der Waals surface area contributed by atoms with Crippen LogP contribution in [0.15, 0.2) is 30.3 Å². The summed E-state index contributed by atoms with van der Waals surface area (Å²) in [5, 5.41) is 9.30. The van der Waals surface area contributed by atoms with Gasteiger partial charge in [-0.3, -0.25) is 19.4 Å². The van der Waals surface area contributed by atoms with E-state index in [-0.39, 0.29) is 43.0 Å². The van der Waals surface area contributed by atoms with E-state index in [9.17, 15) is 27.6 Å². The lowest BCUT2D eigenvalue weighted by Crippen LogP contribution is -2.48. The van der Waals surface area contributed by atoms with Crippen LogP contribution < -0.4 is 20.4 Å². The van der Waals surface area contributed by atoms with Gasteiger partial charge >= 0.3 is 0 Å². The lowest BCUT2D eigenvalue weighted by molar-refractivity contribution is -0.145. The smallest absolute Gasteiger partial charge is 0.256 e. The van der Waals surface area contributed by atoms with Gasteiger partial charge in [0, 0.05) is 51.0 Å². The first-order valence-corrected chi connectivity index (χ1v) is 13.8. The first-order chi connectivity index (χ1) is 19.6. The summed E-state index contributed by atoms with van der Waals surface area (Å²) >= 11 is 0. The average molecular weight is 575 g/mol. The number of carbonyl (C=O) groups is 3. The Labute approximate surface area is 238 Å². The van der Waals surface area contributed by atoms with E-state index in [2.05, 4.69) is 10.6 Å². The van der Waals surface area contributed by atoms with Crippen LogP contribution >= 0.6 is 0 Å². The Bertz CT molecular complexity index is 1290. The monoisotopic (exact) mass is 574 g/mol. The third-order valence-corrected chi connectivity index (χ3v) is 7.45. The van der Waals surface area contributed by atoms with Gasteiger partial charge in [-0.2, -0.15) is 0 Å². The number of alkyl halides is 2. The lowest BCUT2D eigenvalue weighted by Gasteiger charge is -2.34. The molecule has 0 saturated carbocycles. The number of hydrogen-bond acceptors (Lipinski definition) is 6. The second kappa shape index (κ2) is 13.3. The molecule has 0 saturated heterocycles. The lowest BCUT2D eigenvalue weighted by atomic mass is 9.97. The van der Waals surface area contributed by atoms with Crippen molar-refractivity contribution in [3.8, 4) is 0 Å². The van der Waals surface area contributed by atoms with Crippen molar-refractivity contribution in [2.24, 2.45) is 0 Å². The van der Waals surface area contributed by atoms with Crippen molar-refractivity contribution < 1.29 is 27.6 Å². The van der Waals surface area contributed by atoms with Crippen LogP contribution in [-0.2, 0) is 33.9 Å². The Balaban J connectivity index is 1.56. The molecule has 0 spiro atoms. The van der Waals surface area contributed by atoms with Gasteiger partial charge in [-0.15, -0.1) is 0 Å². The largest absolute Gasteiger partial charge is 0.353 e. The molecule has 0 bridgehead atoms. The number of halogens is 3. The van der Waals surface area contributed by atoms with E-state index in [0.29, 0.717) is 55.1 Å². The Morgan fingerprint density at radius 2 is 1.78 bits per heavy atom. The van der Waals surface area contributed by atoms with E-state index < -0.39 is 13.0 Å². The van der Waals surface area contributed by atoms with E-state index in [4.69, 9.17) is 0 Å². The van der Waals surface area contributed by atoms with Gasteiger partial charge in [0.25, 0.3) is 12.3 Å². The third-order valence-electron chi connectivity index (χ3n) is 7.45. The van der Waals surface area contributed by atoms with Gasteiger partial charge < -0.3 is 20.4 Å². The Hall–Kier alpha value is -3.64. The fourth-order valence-electron chi connectivity index (χ4n) is 5.27. The zero-order valence-electron chi connectivity index (χ0n) is 23.7. The number of amides is 3. The molecular weight excluding hydrogens is 537 g/mol. The van der Waals surface area contributed by atoms with Crippen LogP contribution in [-0.4, -0.2) is 80.5 Å². The minimum atomic E-state index is -2.67. The topological polar surface area (TPSA) is 88.2 Å². The van der Waals surface area contributed by atoms with Crippen molar-refractivity contribution in [2.75, 3.05) is 56.1 Å². The quantitative estimate of drug-likeness (QED) is 0.379. The molecule has 2 aliphatic heterocycles. The van der Waals surface area contributed by atoms with Gasteiger partial charge in [0.1, 0.15) is 5.82 Å². The van der Waals surface area contributed by atoms with Crippen LogP contribution in [0, 0.1) is 12.7 Å². The molecule has 4 rings (SSSR count). The van der Waals surface area contributed by atoms with Crippen molar-refractivity contribution in [3.63, 3.8) is 0 Å². The molecule has 0 radical (unpaired) electrons. The molecule has 0 fully saturated rings. The zero-order chi connectivity index (χ0) is 29.7. The molecule has 222 valence electrons. The number of fused-ring (bicyclic) bond motifs is 2. The standard InChI is InChI=1S/C29H37F3N6O3/c1-4-33-9-10-34-27(39)17-36(18-29(41)35(3)37-14-21-5-7-23(30)12-22(21)15-37)24-13-20-6-8-28(40)38(16-26(31)32)25(20)11-19(24)2/h5,7,11-13,26,33H,4,6,8-10,14-18H2,1-3H3,(H,34,39). The molecule has 0 aromatic heterocycles. The van der Waals surface area contributed by atoms with Gasteiger partial charge in [0.2, 0.25) is 11.8 Å². The van der Waals surface area contributed by atoms with E-state index in [1.165, 1.54) is 17.1 Å². The average Bonchev–Trinajstić information content (AvgIpc) is 3.35. The Morgan fingerprint density at radius 1 is 1.02 bits per heavy atom. The first-order valence-electron chi connectivity index (χ1n) is 13.8. The number of benzene rings is 2. The number of anilines is 2. The minimum Gasteiger partial charge on any atom is -0.353 e. The molecule has 41 heavy (non-hydrogen) atoms. The molecule has 0 aliphatic carbocycles. The van der Waals surface area contributed by atoms with Gasteiger partial charge in [-0.25, -0.2) is 18.2 Å². The summed E-state index contributed by atoms with van der Waals surface area (Å²) in [6.07, 6.45) is -2.20. The van der Waals surface area contributed by atoms with Gasteiger partial charge in [0.15, 0.2) is 0 Å². The molecule has 3 amide bonds. The number of carbonyl (C=O) groups excluding carboxylic acids is 3. The summed E-state index contributed by atoms with van der Waals surface area (Å²) in [5.41, 5.74) is 4.17. The predicted molar refractivity (Wildman–Crippen MR) is 150 cm³/mol. The molecular formula is C29H37F3N6O3. The highest BCUT2D eigenvalue weighted by molar-refractivity contribution is 5.97. The molecule has 9 nitrogen and oxygen atoms in total. The maximum Gasteiger partial charge on any atom is 0.256 e. The summed E-state index contributed by atoms with van der Waals surface area (Å²) in [7, 11) is 1.65. The maximum atomic E-state index is 13.7. The highest BCUT2D eigenvalue weighted by Crippen LogP contribution is 2.35.